The van der Waals surface area contributed by atoms with Gasteiger partial charge in [0.1, 0.15) is 0 Å². The molecule has 0 spiro atoms. The number of methoxy groups -OCH3 is 1. The third-order valence-electron chi connectivity index (χ3n) is 3.29. The van der Waals surface area contributed by atoms with Crippen molar-refractivity contribution in [3.63, 3.8) is 0 Å². The van der Waals surface area contributed by atoms with Crippen LogP contribution in [0.5, 0.6) is 5.75 Å². The van der Waals surface area contributed by atoms with Crippen molar-refractivity contribution in [2.24, 2.45) is 0 Å². The number of likely N-dealkylation sites (N-methyl/N-ethyl adjacent to an activating group) is 1. The Hall–Kier alpha value is -2.23. The SMILES string of the molecule is COc1cc(N(C)CCc2ccccc2)c(N)cc1F. The molecule has 0 saturated heterocycles. The van der Waals surface area contributed by atoms with Crippen molar-refractivity contribution in [3.8, 4) is 5.75 Å². The Morgan fingerprint density at radius 3 is 2.55 bits per heavy atom. The lowest BCUT2D eigenvalue weighted by molar-refractivity contribution is 0.387. The van der Waals surface area contributed by atoms with Gasteiger partial charge in [-0.3, -0.25) is 0 Å². The summed E-state index contributed by atoms with van der Waals surface area (Å²) in [5.74, 6) is -0.231. The van der Waals surface area contributed by atoms with E-state index in [1.165, 1.54) is 18.7 Å². The zero-order valence-corrected chi connectivity index (χ0v) is 11.8. The Labute approximate surface area is 118 Å². The average molecular weight is 274 g/mol. The second kappa shape index (κ2) is 6.28. The van der Waals surface area contributed by atoms with Gasteiger partial charge in [0.2, 0.25) is 0 Å². The fourth-order valence-electron chi connectivity index (χ4n) is 2.11. The maximum absolute atomic E-state index is 13.5. The number of hydrogen-bond donors (Lipinski definition) is 1. The Morgan fingerprint density at radius 1 is 1.20 bits per heavy atom. The smallest absolute Gasteiger partial charge is 0.167 e. The molecule has 0 aliphatic rings. The molecule has 0 fully saturated rings. The predicted molar refractivity (Wildman–Crippen MR) is 80.8 cm³/mol. The van der Waals surface area contributed by atoms with Gasteiger partial charge in [0.05, 0.1) is 18.5 Å². The van der Waals surface area contributed by atoms with Crippen molar-refractivity contribution >= 4 is 11.4 Å². The lowest BCUT2D eigenvalue weighted by atomic mass is 10.1. The number of halogens is 1. The van der Waals surface area contributed by atoms with Crippen LogP contribution in [-0.2, 0) is 6.42 Å². The third-order valence-corrected chi connectivity index (χ3v) is 3.29. The summed E-state index contributed by atoms with van der Waals surface area (Å²) in [5, 5.41) is 0. The molecule has 0 saturated carbocycles. The zero-order chi connectivity index (χ0) is 14.5. The molecule has 2 aromatic rings. The Bertz CT molecular complexity index is 572. The van der Waals surface area contributed by atoms with Crippen LogP contribution in [0.1, 0.15) is 5.56 Å². The summed E-state index contributed by atoms with van der Waals surface area (Å²) in [6.07, 6.45) is 0.899. The van der Waals surface area contributed by atoms with E-state index in [1.54, 1.807) is 6.07 Å². The minimum Gasteiger partial charge on any atom is -0.494 e. The molecule has 0 bridgehead atoms. The molecular weight excluding hydrogens is 255 g/mol. The fraction of sp³-hybridized carbons (Fsp3) is 0.250. The molecule has 0 atom stereocenters. The molecule has 2 aromatic carbocycles. The molecule has 0 unspecified atom stereocenters. The van der Waals surface area contributed by atoms with Crippen LogP contribution in [0.4, 0.5) is 15.8 Å². The highest BCUT2D eigenvalue weighted by molar-refractivity contribution is 5.69. The number of hydrogen-bond acceptors (Lipinski definition) is 3. The van der Waals surface area contributed by atoms with Crippen LogP contribution in [-0.4, -0.2) is 20.7 Å². The van der Waals surface area contributed by atoms with Crippen LogP contribution in [0, 0.1) is 5.82 Å². The van der Waals surface area contributed by atoms with Gasteiger partial charge >= 0.3 is 0 Å². The molecule has 3 nitrogen and oxygen atoms in total. The highest BCUT2D eigenvalue weighted by Crippen LogP contribution is 2.30. The zero-order valence-electron chi connectivity index (χ0n) is 11.8. The maximum Gasteiger partial charge on any atom is 0.167 e. The summed E-state index contributed by atoms with van der Waals surface area (Å²) in [6, 6.07) is 13.1. The summed E-state index contributed by atoms with van der Waals surface area (Å²) in [7, 11) is 3.38. The molecule has 0 radical (unpaired) electrons. The predicted octanol–water partition coefficient (Wildman–Crippen LogP) is 3.10. The van der Waals surface area contributed by atoms with Crippen LogP contribution in [0.15, 0.2) is 42.5 Å². The van der Waals surface area contributed by atoms with Gasteiger partial charge in [0, 0.05) is 25.7 Å². The van der Waals surface area contributed by atoms with E-state index in [1.807, 2.05) is 30.1 Å². The van der Waals surface area contributed by atoms with Crippen molar-refractivity contribution in [1.82, 2.24) is 0 Å². The number of rotatable bonds is 5. The van der Waals surface area contributed by atoms with E-state index >= 15 is 0 Å². The van der Waals surface area contributed by atoms with Gasteiger partial charge in [-0.05, 0) is 12.0 Å². The van der Waals surface area contributed by atoms with E-state index < -0.39 is 5.82 Å². The van der Waals surface area contributed by atoms with Gasteiger partial charge in [-0.25, -0.2) is 4.39 Å². The maximum atomic E-state index is 13.5. The monoisotopic (exact) mass is 274 g/mol. The summed E-state index contributed by atoms with van der Waals surface area (Å²) in [5.41, 5.74) is 8.33. The first-order chi connectivity index (χ1) is 9.61. The molecule has 4 heteroatoms. The molecule has 0 aromatic heterocycles. The van der Waals surface area contributed by atoms with Crippen LogP contribution in [0.3, 0.4) is 0 Å². The minimum atomic E-state index is -0.440. The molecule has 0 aliphatic carbocycles. The Morgan fingerprint density at radius 2 is 1.90 bits per heavy atom. The fourth-order valence-corrected chi connectivity index (χ4v) is 2.11. The van der Waals surface area contributed by atoms with Crippen molar-refractivity contribution in [1.29, 1.82) is 0 Å². The summed E-state index contributed by atoms with van der Waals surface area (Å²) in [4.78, 5) is 2.00. The normalized spacial score (nSPS) is 10.3. The van der Waals surface area contributed by atoms with E-state index in [9.17, 15) is 4.39 Å². The molecule has 2 N–H and O–H groups in total. The number of nitrogen functional groups attached to an aromatic ring is 1. The van der Waals surface area contributed by atoms with E-state index in [4.69, 9.17) is 10.5 Å². The van der Waals surface area contributed by atoms with Crippen LogP contribution >= 0.6 is 0 Å². The number of ether oxygens (including phenoxy) is 1. The van der Waals surface area contributed by atoms with Gasteiger partial charge in [-0.1, -0.05) is 30.3 Å². The first kappa shape index (κ1) is 14.2. The molecule has 0 amide bonds. The van der Waals surface area contributed by atoms with Crippen LogP contribution in [0.2, 0.25) is 0 Å². The van der Waals surface area contributed by atoms with E-state index in [2.05, 4.69) is 12.1 Å². The lowest BCUT2D eigenvalue weighted by Gasteiger charge is -2.22. The number of nitrogens with zero attached hydrogens (tertiary/aromatic N) is 1. The first-order valence-corrected chi connectivity index (χ1v) is 6.50. The van der Waals surface area contributed by atoms with Gasteiger partial charge in [-0.15, -0.1) is 0 Å². The average Bonchev–Trinajstić information content (AvgIpc) is 2.46. The van der Waals surface area contributed by atoms with Gasteiger partial charge < -0.3 is 15.4 Å². The highest BCUT2D eigenvalue weighted by Gasteiger charge is 2.11. The molecule has 2 rings (SSSR count). The topological polar surface area (TPSA) is 38.5 Å². The first-order valence-electron chi connectivity index (χ1n) is 6.50. The van der Waals surface area contributed by atoms with Crippen molar-refractivity contribution in [2.45, 2.75) is 6.42 Å². The second-order valence-corrected chi connectivity index (χ2v) is 4.70. The van der Waals surface area contributed by atoms with Crippen LogP contribution in [0.25, 0.3) is 0 Å². The number of anilines is 2. The van der Waals surface area contributed by atoms with E-state index in [-0.39, 0.29) is 5.75 Å². The highest BCUT2D eigenvalue weighted by atomic mass is 19.1. The van der Waals surface area contributed by atoms with Gasteiger partial charge in [-0.2, -0.15) is 0 Å². The standard InChI is InChI=1S/C16H19FN2O/c1-19(9-8-12-6-4-3-5-7-12)15-11-16(20-2)13(17)10-14(15)18/h3-7,10-11H,8-9,18H2,1-2H3. The second-order valence-electron chi connectivity index (χ2n) is 4.70. The lowest BCUT2D eigenvalue weighted by Crippen LogP contribution is -2.21. The Kier molecular flexibility index (Phi) is 4.45. The van der Waals surface area contributed by atoms with Crippen LogP contribution < -0.4 is 15.4 Å². The van der Waals surface area contributed by atoms with E-state index in [0.717, 1.165) is 18.7 Å². The summed E-state index contributed by atoms with van der Waals surface area (Å²) in [6.45, 7) is 0.795. The van der Waals surface area contributed by atoms with E-state index in [0.29, 0.717) is 5.69 Å². The Balaban J connectivity index is 2.11. The minimum absolute atomic E-state index is 0.209. The van der Waals surface area contributed by atoms with Crippen molar-refractivity contribution in [3.05, 3.63) is 53.8 Å². The van der Waals surface area contributed by atoms with Gasteiger partial charge in [0.25, 0.3) is 0 Å². The largest absolute Gasteiger partial charge is 0.494 e. The summed E-state index contributed by atoms with van der Waals surface area (Å²) < 4.78 is 18.5. The summed E-state index contributed by atoms with van der Waals surface area (Å²) >= 11 is 0. The molecule has 20 heavy (non-hydrogen) atoms. The van der Waals surface area contributed by atoms with Gasteiger partial charge in [0.15, 0.2) is 11.6 Å². The molecular formula is C16H19FN2O. The molecule has 106 valence electrons. The number of benzene rings is 2. The third kappa shape index (κ3) is 3.20. The van der Waals surface area contributed by atoms with Crippen molar-refractivity contribution < 1.29 is 9.13 Å². The molecule has 0 heterocycles. The van der Waals surface area contributed by atoms with Crippen molar-refractivity contribution in [2.75, 3.05) is 31.3 Å². The number of nitrogens with two attached hydrogens (primary N) is 1. The molecule has 0 aliphatic heterocycles. The quantitative estimate of drug-likeness (QED) is 0.851.